The monoisotopic (exact) mass is 275 g/mol. The maximum Gasteiger partial charge on any atom is 0.407 e. The summed E-state index contributed by atoms with van der Waals surface area (Å²) >= 11 is 0. The number of likely N-dealkylation sites (tertiary alicyclic amines) is 1. The van der Waals surface area contributed by atoms with Gasteiger partial charge in [0.25, 0.3) is 0 Å². The van der Waals surface area contributed by atoms with Gasteiger partial charge in [0, 0.05) is 36.4 Å². The minimum Gasteiger partial charge on any atom is -0.465 e. The zero-order valence-electron chi connectivity index (χ0n) is 10.7. The lowest BCUT2D eigenvalue weighted by Gasteiger charge is -2.16. The van der Waals surface area contributed by atoms with E-state index in [1.165, 1.54) is 11.0 Å². The van der Waals surface area contributed by atoms with Gasteiger partial charge in [-0.05, 0) is 30.7 Å². The average molecular weight is 275 g/mol. The Kier molecular flexibility index (Phi) is 3.14. The Labute approximate surface area is 115 Å². The molecule has 1 amide bonds. The Morgan fingerprint density at radius 3 is 3.05 bits per heavy atom. The average Bonchev–Trinajstić information content (AvgIpc) is 2.91. The maximum atomic E-state index is 13.7. The third-order valence-electron chi connectivity index (χ3n) is 3.54. The molecule has 2 heterocycles. The third kappa shape index (κ3) is 2.24. The van der Waals surface area contributed by atoms with E-state index in [0.717, 1.165) is 12.1 Å². The van der Waals surface area contributed by atoms with Crippen molar-refractivity contribution < 1.29 is 14.3 Å². The van der Waals surface area contributed by atoms with Crippen LogP contribution in [0.5, 0.6) is 0 Å². The highest BCUT2D eigenvalue weighted by atomic mass is 19.1. The fourth-order valence-corrected chi connectivity index (χ4v) is 2.54. The number of carboxylic acid groups (broad SMARTS) is 1. The van der Waals surface area contributed by atoms with Gasteiger partial charge >= 0.3 is 6.09 Å². The molecule has 0 saturated carbocycles. The van der Waals surface area contributed by atoms with Crippen molar-refractivity contribution in [3.63, 3.8) is 0 Å². The Morgan fingerprint density at radius 2 is 2.30 bits per heavy atom. The summed E-state index contributed by atoms with van der Waals surface area (Å²) < 4.78 is 13.7. The highest BCUT2D eigenvalue weighted by Gasteiger charge is 2.26. The number of hydrogen-bond donors (Lipinski definition) is 2. The lowest BCUT2D eigenvalue weighted by molar-refractivity contribution is 0.155. The van der Waals surface area contributed by atoms with Crippen LogP contribution in [-0.2, 0) is 0 Å². The van der Waals surface area contributed by atoms with Gasteiger partial charge in [0.1, 0.15) is 11.3 Å². The van der Waals surface area contributed by atoms with E-state index in [1.54, 1.807) is 24.4 Å². The molecule has 3 rings (SSSR count). The second-order valence-electron chi connectivity index (χ2n) is 4.85. The summed E-state index contributed by atoms with van der Waals surface area (Å²) in [4.78, 5) is 16.3. The van der Waals surface area contributed by atoms with Crippen LogP contribution in [0.4, 0.5) is 14.9 Å². The lowest BCUT2D eigenvalue weighted by Crippen LogP contribution is -2.30. The molecule has 1 saturated heterocycles. The number of halogens is 1. The molecule has 0 radical (unpaired) electrons. The van der Waals surface area contributed by atoms with E-state index >= 15 is 0 Å². The molecule has 1 atom stereocenters. The van der Waals surface area contributed by atoms with Crippen molar-refractivity contribution in [2.24, 2.45) is 0 Å². The smallest absolute Gasteiger partial charge is 0.407 e. The number of rotatable bonds is 2. The normalized spacial score (nSPS) is 18.4. The number of nitrogens with one attached hydrogen (secondary N) is 1. The highest BCUT2D eigenvalue weighted by molar-refractivity contribution is 5.91. The third-order valence-corrected chi connectivity index (χ3v) is 3.54. The predicted octanol–water partition coefficient (Wildman–Crippen LogP) is 2.54. The zero-order chi connectivity index (χ0) is 14.1. The maximum absolute atomic E-state index is 13.7. The molecule has 1 aromatic carbocycles. The first kappa shape index (κ1) is 12.7. The van der Waals surface area contributed by atoms with Crippen LogP contribution in [0.2, 0.25) is 0 Å². The molecule has 1 aliphatic rings. The number of nitrogens with zero attached hydrogens (tertiary/aromatic N) is 2. The first-order chi connectivity index (χ1) is 9.65. The van der Waals surface area contributed by atoms with Gasteiger partial charge in [-0.3, -0.25) is 4.98 Å². The van der Waals surface area contributed by atoms with Crippen LogP contribution in [0.25, 0.3) is 10.9 Å². The summed E-state index contributed by atoms with van der Waals surface area (Å²) in [5.74, 6) is -0.357. The molecular weight excluding hydrogens is 261 g/mol. The van der Waals surface area contributed by atoms with E-state index in [0.29, 0.717) is 24.0 Å². The predicted molar refractivity (Wildman–Crippen MR) is 73.3 cm³/mol. The fourth-order valence-electron chi connectivity index (χ4n) is 2.54. The number of pyridine rings is 1. The molecule has 2 N–H and O–H groups in total. The van der Waals surface area contributed by atoms with Gasteiger partial charge in [-0.2, -0.15) is 0 Å². The molecule has 0 bridgehead atoms. The Morgan fingerprint density at radius 1 is 1.45 bits per heavy atom. The topological polar surface area (TPSA) is 65.5 Å². The van der Waals surface area contributed by atoms with E-state index in [2.05, 4.69) is 10.3 Å². The van der Waals surface area contributed by atoms with Crippen LogP contribution >= 0.6 is 0 Å². The number of benzene rings is 1. The van der Waals surface area contributed by atoms with E-state index in [9.17, 15) is 9.18 Å². The van der Waals surface area contributed by atoms with Crippen LogP contribution in [0.15, 0.2) is 30.5 Å². The quantitative estimate of drug-likeness (QED) is 0.884. The van der Waals surface area contributed by atoms with Crippen molar-refractivity contribution >= 4 is 22.7 Å². The molecule has 5 nitrogen and oxygen atoms in total. The van der Waals surface area contributed by atoms with Gasteiger partial charge in [-0.1, -0.05) is 0 Å². The van der Waals surface area contributed by atoms with E-state index < -0.39 is 6.09 Å². The fraction of sp³-hybridized carbons (Fsp3) is 0.286. The number of amides is 1. The molecule has 0 spiro atoms. The summed E-state index contributed by atoms with van der Waals surface area (Å²) in [6, 6.07) is 6.65. The van der Waals surface area contributed by atoms with E-state index in [1.807, 2.05) is 0 Å². The first-order valence-corrected chi connectivity index (χ1v) is 6.43. The molecular formula is C14H14FN3O2. The van der Waals surface area contributed by atoms with Crippen LogP contribution in [0.3, 0.4) is 0 Å². The Hall–Kier alpha value is -2.37. The van der Waals surface area contributed by atoms with Crippen LogP contribution < -0.4 is 5.32 Å². The molecule has 1 aromatic heterocycles. The largest absolute Gasteiger partial charge is 0.465 e. The molecule has 1 unspecified atom stereocenters. The van der Waals surface area contributed by atoms with Crippen molar-refractivity contribution in [1.82, 2.24) is 9.88 Å². The molecule has 0 aliphatic carbocycles. The van der Waals surface area contributed by atoms with Crippen molar-refractivity contribution in [2.45, 2.75) is 12.5 Å². The van der Waals surface area contributed by atoms with Gasteiger partial charge < -0.3 is 15.3 Å². The summed E-state index contributed by atoms with van der Waals surface area (Å²) in [7, 11) is 0. The SMILES string of the molecule is O=C(O)N1CCC(Nc2ccc(F)c3ncccc23)C1. The molecule has 6 heteroatoms. The second kappa shape index (κ2) is 4.96. The summed E-state index contributed by atoms with van der Waals surface area (Å²) in [5.41, 5.74) is 1.11. The number of fused-ring (bicyclic) bond motifs is 1. The second-order valence-corrected chi connectivity index (χ2v) is 4.85. The summed E-state index contributed by atoms with van der Waals surface area (Å²) in [5, 5.41) is 12.9. The van der Waals surface area contributed by atoms with E-state index in [-0.39, 0.29) is 11.9 Å². The van der Waals surface area contributed by atoms with Crippen molar-refractivity contribution in [2.75, 3.05) is 18.4 Å². The van der Waals surface area contributed by atoms with Crippen molar-refractivity contribution in [1.29, 1.82) is 0 Å². The molecule has 2 aromatic rings. The number of hydrogen-bond acceptors (Lipinski definition) is 3. The van der Waals surface area contributed by atoms with Gasteiger partial charge in [0.15, 0.2) is 0 Å². The van der Waals surface area contributed by atoms with Gasteiger partial charge in [0.2, 0.25) is 0 Å². The van der Waals surface area contributed by atoms with Crippen molar-refractivity contribution in [3.8, 4) is 0 Å². The summed E-state index contributed by atoms with van der Waals surface area (Å²) in [6.45, 7) is 0.957. The Balaban J connectivity index is 1.85. The molecule has 1 aliphatic heterocycles. The van der Waals surface area contributed by atoms with Crippen LogP contribution in [-0.4, -0.2) is 40.2 Å². The van der Waals surface area contributed by atoms with Gasteiger partial charge in [-0.25, -0.2) is 9.18 Å². The zero-order valence-corrected chi connectivity index (χ0v) is 10.7. The van der Waals surface area contributed by atoms with Crippen LogP contribution in [0.1, 0.15) is 6.42 Å². The lowest BCUT2D eigenvalue weighted by atomic mass is 10.1. The Bertz CT molecular complexity index is 662. The minimum absolute atomic E-state index is 0.0416. The van der Waals surface area contributed by atoms with Crippen molar-refractivity contribution in [3.05, 3.63) is 36.3 Å². The number of anilines is 1. The number of carbonyl (C=O) groups is 1. The number of aromatic nitrogens is 1. The minimum atomic E-state index is -0.903. The molecule has 20 heavy (non-hydrogen) atoms. The van der Waals surface area contributed by atoms with Gasteiger partial charge in [-0.15, -0.1) is 0 Å². The molecule has 1 fully saturated rings. The standard InChI is InChI=1S/C14H14FN3O2/c15-11-3-4-12(10-2-1-6-16-13(10)11)17-9-5-7-18(8-9)14(19)20/h1-4,6,9,17H,5,7-8H2,(H,19,20). The first-order valence-electron chi connectivity index (χ1n) is 6.43. The van der Waals surface area contributed by atoms with Gasteiger partial charge in [0.05, 0.1) is 0 Å². The molecule has 104 valence electrons. The van der Waals surface area contributed by atoms with Crippen LogP contribution in [0, 0.1) is 5.82 Å². The highest BCUT2D eigenvalue weighted by Crippen LogP contribution is 2.26. The van der Waals surface area contributed by atoms with E-state index in [4.69, 9.17) is 5.11 Å². The summed E-state index contributed by atoms with van der Waals surface area (Å²) in [6.07, 6.45) is 1.39.